The SMILES string of the molecule is [C-]#[N+]c1ccc2c(c1)C(c1ncnc3c1ncn3[C@@H]1C[C@H](COC)[C@H]3OC(C)(C)O[C@H]31)C(=O)N2. The number of imidazole rings is 1. The van der Waals surface area contributed by atoms with Gasteiger partial charge in [-0.2, -0.15) is 0 Å². The molecule has 1 aliphatic carbocycles. The number of hydrogen-bond donors (Lipinski definition) is 1. The van der Waals surface area contributed by atoms with Crippen molar-refractivity contribution in [1.82, 2.24) is 19.5 Å². The first kappa shape index (κ1) is 21.2. The molecule has 3 aliphatic rings. The summed E-state index contributed by atoms with van der Waals surface area (Å²) in [6.45, 7) is 11.8. The Morgan fingerprint density at radius 1 is 1.26 bits per heavy atom. The quantitative estimate of drug-likeness (QED) is 0.596. The van der Waals surface area contributed by atoms with Crippen molar-refractivity contribution in [2.45, 2.75) is 50.2 Å². The van der Waals surface area contributed by atoms with Crippen LogP contribution >= 0.6 is 0 Å². The van der Waals surface area contributed by atoms with Crippen molar-refractivity contribution in [2.24, 2.45) is 5.92 Å². The molecule has 1 saturated carbocycles. The first-order valence-corrected chi connectivity index (χ1v) is 11.2. The molecule has 0 radical (unpaired) electrons. The van der Waals surface area contributed by atoms with Gasteiger partial charge in [0.1, 0.15) is 23.9 Å². The van der Waals surface area contributed by atoms with Gasteiger partial charge >= 0.3 is 0 Å². The zero-order valence-electron chi connectivity index (χ0n) is 19.1. The molecule has 1 amide bonds. The van der Waals surface area contributed by atoms with Crippen LogP contribution in [0.5, 0.6) is 0 Å². The molecule has 34 heavy (non-hydrogen) atoms. The van der Waals surface area contributed by atoms with Crippen LogP contribution in [-0.4, -0.2) is 57.1 Å². The minimum Gasteiger partial charge on any atom is -0.384 e. The number of fused-ring (bicyclic) bond motifs is 3. The molecule has 0 spiro atoms. The van der Waals surface area contributed by atoms with Gasteiger partial charge in [0.15, 0.2) is 17.1 Å². The lowest BCUT2D eigenvalue weighted by molar-refractivity contribution is -0.162. The maximum Gasteiger partial charge on any atom is 0.238 e. The lowest BCUT2D eigenvalue weighted by atomic mass is 9.96. The molecule has 1 aromatic carbocycles. The number of nitrogens with one attached hydrogen (secondary N) is 1. The first-order valence-electron chi connectivity index (χ1n) is 11.2. The summed E-state index contributed by atoms with van der Waals surface area (Å²) >= 11 is 0. The number of ether oxygens (including phenoxy) is 3. The van der Waals surface area contributed by atoms with Crippen LogP contribution in [0, 0.1) is 12.5 Å². The molecule has 5 atom stereocenters. The van der Waals surface area contributed by atoms with Crippen LogP contribution < -0.4 is 5.32 Å². The molecule has 2 aliphatic heterocycles. The van der Waals surface area contributed by atoms with E-state index in [0.29, 0.717) is 34.8 Å². The predicted octanol–water partition coefficient (Wildman–Crippen LogP) is 3.19. The summed E-state index contributed by atoms with van der Waals surface area (Å²) in [5, 5.41) is 2.90. The highest BCUT2D eigenvalue weighted by atomic mass is 16.8. The van der Waals surface area contributed by atoms with E-state index in [0.717, 1.165) is 12.0 Å². The number of carbonyl (C=O) groups excluding carboxylic acids is 1. The lowest BCUT2D eigenvalue weighted by Gasteiger charge is -2.24. The number of carbonyl (C=O) groups is 1. The van der Waals surface area contributed by atoms with E-state index < -0.39 is 11.7 Å². The number of aromatic nitrogens is 4. The van der Waals surface area contributed by atoms with Crippen molar-refractivity contribution >= 4 is 28.4 Å². The van der Waals surface area contributed by atoms with Crippen LogP contribution in [0.25, 0.3) is 16.0 Å². The van der Waals surface area contributed by atoms with Crippen LogP contribution in [0.15, 0.2) is 30.9 Å². The molecular formula is C24H24N6O4. The number of methoxy groups -OCH3 is 1. The van der Waals surface area contributed by atoms with Crippen LogP contribution in [-0.2, 0) is 19.0 Å². The van der Waals surface area contributed by atoms with E-state index in [2.05, 4.69) is 25.1 Å². The number of rotatable bonds is 4. The Kier molecular flexibility index (Phi) is 4.71. The van der Waals surface area contributed by atoms with Crippen molar-refractivity contribution < 1.29 is 19.0 Å². The third kappa shape index (κ3) is 3.12. The van der Waals surface area contributed by atoms with E-state index in [1.807, 2.05) is 18.4 Å². The second kappa shape index (κ2) is 7.56. The summed E-state index contributed by atoms with van der Waals surface area (Å²) in [7, 11) is 1.69. The zero-order valence-corrected chi connectivity index (χ0v) is 19.1. The highest BCUT2D eigenvalue weighted by Gasteiger charge is 2.54. The van der Waals surface area contributed by atoms with Crippen molar-refractivity contribution in [3.05, 3.63) is 53.5 Å². The van der Waals surface area contributed by atoms with E-state index in [-0.39, 0.29) is 30.1 Å². The summed E-state index contributed by atoms with van der Waals surface area (Å²) in [6, 6.07) is 5.14. The molecular weight excluding hydrogens is 436 g/mol. The summed E-state index contributed by atoms with van der Waals surface area (Å²) in [5.74, 6) is -1.35. The maximum absolute atomic E-state index is 12.9. The molecule has 6 rings (SSSR count). The van der Waals surface area contributed by atoms with Crippen LogP contribution in [0.1, 0.15) is 43.5 Å². The van der Waals surface area contributed by atoms with Gasteiger partial charge in [0.05, 0.1) is 37.3 Å². The number of amides is 1. The Hall–Kier alpha value is -3.39. The fourth-order valence-electron chi connectivity index (χ4n) is 5.62. The largest absolute Gasteiger partial charge is 0.384 e. The molecule has 1 unspecified atom stereocenters. The Morgan fingerprint density at radius 2 is 2.09 bits per heavy atom. The summed E-state index contributed by atoms with van der Waals surface area (Å²) in [6.07, 6.45) is 3.76. The maximum atomic E-state index is 12.9. The van der Waals surface area contributed by atoms with E-state index in [1.54, 1.807) is 31.6 Å². The van der Waals surface area contributed by atoms with Crippen LogP contribution in [0.2, 0.25) is 0 Å². The Labute approximate surface area is 196 Å². The van der Waals surface area contributed by atoms with E-state index >= 15 is 0 Å². The minimum absolute atomic E-state index is 0.0434. The fourth-order valence-corrected chi connectivity index (χ4v) is 5.62. The normalized spacial score (nSPS) is 29.1. The molecule has 4 heterocycles. The molecule has 174 valence electrons. The van der Waals surface area contributed by atoms with Gasteiger partial charge in [0, 0.05) is 18.7 Å². The Bertz CT molecular complexity index is 1340. The predicted molar refractivity (Wildman–Crippen MR) is 121 cm³/mol. The molecule has 3 aromatic rings. The molecule has 10 nitrogen and oxygen atoms in total. The molecule has 2 fully saturated rings. The fraction of sp³-hybridized carbons (Fsp3) is 0.458. The average molecular weight is 460 g/mol. The summed E-state index contributed by atoms with van der Waals surface area (Å²) in [5.41, 5.74) is 3.61. The number of anilines is 1. The molecule has 2 aromatic heterocycles. The monoisotopic (exact) mass is 460 g/mol. The van der Waals surface area contributed by atoms with Crippen LogP contribution in [0.4, 0.5) is 11.4 Å². The third-order valence-electron chi connectivity index (χ3n) is 6.95. The second-order valence-corrected chi connectivity index (χ2v) is 9.47. The van der Waals surface area contributed by atoms with Gasteiger partial charge in [0.25, 0.3) is 0 Å². The second-order valence-electron chi connectivity index (χ2n) is 9.47. The molecule has 1 N–H and O–H groups in total. The zero-order chi connectivity index (χ0) is 23.6. The highest BCUT2D eigenvalue weighted by molar-refractivity contribution is 6.06. The number of benzene rings is 1. The van der Waals surface area contributed by atoms with Gasteiger partial charge in [-0.05, 0) is 31.9 Å². The standard InChI is InChI=1S/C24H24N6O4/c1-24(2)33-20-12(9-32-4)7-16(21(20)34-24)30-11-28-19-18(26-10-27-22(19)30)17-14-8-13(25-3)5-6-15(14)29-23(17)31/h5-6,8,10-12,16-17,20-21H,7,9H2,1-2,4H3,(H,29,31)/t12-,16-,17?,20-,21+/m1/s1. The smallest absolute Gasteiger partial charge is 0.238 e. The highest BCUT2D eigenvalue weighted by Crippen LogP contribution is 2.48. The van der Waals surface area contributed by atoms with Crippen molar-refractivity contribution in [3.8, 4) is 0 Å². The van der Waals surface area contributed by atoms with E-state index in [1.165, 1.54) is 6.33 Å². The third-order valence-corrected chi connectivity index (χ3v) is 6.95. The van der Waals surface area contributed by atoms with Crippen LogP contribution in [0.3, 0.4) is 0 Å². The summed E-state index contributed by atoms with van der Waals surface area (Å²) < 4.78 is 20.0. The Morgan fingerprint density at radius 3 is 2.88 bits per heavy atom. The van der Waals surface area contributed by atoms with E-state index in [4.69, 9.17) is 20.8 Å². The van der Waals surface area contributed by atoms with Crippen molar-refractivity contribution in [1.29, 1.82) is 0 Å². The van der Waals surface area contributed by atoms with E-state index in [9.17, 15) is 4.79 Å². The van der Waals surface area contributed by atoms with Crippen molar-refractivity contribution in [3.63, 3.8) is 0 Å². The molecule has 1 saturated heterocycles. The topological polar surface area (TPSA) is 105 Å². The van der Waals surface area contributed by atoms with Crippen molar-refractivity contribution in [2.75, 3.05) is 19.0 Å². The number of hydrogen-bond acceptors (Lipinski definition) is 7. The minimum atomic E-state index is -0.678. The first-order chi connectivity index (χ1) is 16.4. The molecule has 0 bridgehead atoms. The number of nitrogens with zero attached hydrogens (tertiary/aromatic N) is 5. The molecule has 10 heteroatoms. The average Bonchev–Trinajstić information content (AvgIpc) is 3.54. The van der Waals surface area contributed by atoms with Gasteiger partial charge in [-0.1, -0.05) is 12.1 Å². The van der Waals surface area contributed by atoms with Gasteiger partial charge < -0.3 is 24.1 Å². The summed E-state index contributed by atoms with van der Waals surface area (Å²) in [4.78, 5) is 30.1. The van der Waals surface area contributed by atoms with Gasteiger partial charge in [-0.3, -0.25) is 4.79 Å². The van der Waals surface area contributed by atoms with Gasteiger partial charge in [0.2, 0.25) is 5.91 Å². The lowest BCUT2D eigenvalue weighted by Crippen LogP contribution is -2.28. The Balaban J connectivity index is 1.42. The van der Waals surface area contributed by atoms with Gasteiger partial charge in [-0.25, -0.2) is 19.8 Å². The van der Waals surface area contributed by atoms with Gasteiger partial charge in [-0.15, -0.1) is 0 Å².